The van der Waals surface area contributed by atoms with Gasteiger partial charge in [-0.1, -0.05) is 19.9 Å². The van der Waals surface area contributed by atoms with Gasteiger partial charge in [0, 0.05) is 35.2 Å². The first-order chi connectivity index (χ1) is 36.3. The Kier molecular flexibility index (Phi) is 13.5. The number of benzene rings is 3. The average molecular weight is 1030 g/mol. The molecule has 0 aliphatic carbocycles. The minimum atomic E-state index is -0.781. The number of hydrogen-bond donors (Lipinski definition) is 4. The van der Waals surface area contributed by atoms with Crippen molar-refractivity contribution < 1.29 is 47.3 Å². The number of aromatic amines is 2. The molecule has 0 bridgehead atoms. The summed E-state index contributed by atoms with van der Waals surface area (Å²) in [4.78, 5) is 73.2. The number of ether oxygens (including phenoxy) is 5. The number of aryl methyl sites for hydroxylation is 1. The van der Waals surface area contributed by atoms with Crippen LogP contribution in [0.25, 0.3) is 44.7 Å². The number of carbonyl (C=O) groups excluding carboxylic acids is 4. The van der Waals surface area contributed by atoms with Gasteiger partial charge in [-0.25, -0.2) is 23.9 Å². The van der Waals surface area contributed by atoms with Crippen LogP contribution < -0.4 is 20.1 Å². The normalized spacial score (nSPS) is 22.9. The smallest absolute Gasteiger partial charge is 0.407 e. The number of rotatable bonds is 11. The number of hydrogen-bond acceptors (Lipinski definition) is 11. The Morgan fingerprint density at radius 3 is 2.12 bits per heavy atom. The first-order valence-electron chi connectivity index (χ1n) is 26.2. The molecule has 0 saturated carbocycles. The fraction of sp³-hybridized carbons (Fsp3) is 0.464. The van der Waals surface area contributed by atoms with Crippen LogP contribution in [0.5, 0.6) is 11.5 Å². The van der Waals surface area contributed by atoms with Crippen LogP contribution in [-0.2, 0) is 30.2 Å². The largest absolute Gasteiger partial charge is 0.493 e. The van der Waals surface area contributed by atoms with E-state index in [1.807, 2.05) is 73.6 Å². The Labute approximate surface area is 434 Å². The number of H-pyrrole nitrogens is 2. The number of carbonyl (C=O) groups is 4. The van der Waals surface area contributed by atoms with Gasteiger partial charge in [0.05, 0.1) is 85.7 Å². The molecule has 0 spiro atoms. The molecule has 4 amide bonds. The minimum absolute atomic E-state index is 0.0559. The first kappa shape index (κ1) is 49.8. The maximum absolute atomic E-state index is 17.1. The van der Waals surface area contributed by atoms with E-state index in [0.717, 1.165) is 64.7 Å². The third-order valence-corrected chi connectivity index (χ3v) is 15.7. The molecule has 6 aromatic rings. The second-order valence-corrected chi connectivity index (χ2v) is 21.0. The third-order valence-electron chi connectivity index (χ3n) is 15.7. The van der Waals surface area contributed by atoms with Gasteiger partial charge < -0.3 is 58.7 Å². The summed E-state index contributed by atoms with van der Waals surface area (Å²) < 4.78 is 47.8. The molecule has 19 heteroatoms. The van der Waals surface area contributed by atoms with Crippen LogP contribution in [0.4, 0.5) is 14.0 Å². The molecule has 4 N–H and O–H groups in total. The monoisotopic (exact) mass is 1030 g/mol. The summed E-state index contributed by atoms with van der Waals surface area (Å²) in [6.07, 6.45) is 7.25. The molecule has 3 aromatic heterocycles. The molecule has 0 radical (unpaired) electrons. The summed E-state index contributed by atoms with van der Waals surface area (Å²) >= 11 is 0. The van der Waals surface area contributed by atoms with E-state index in [4.69, 9.17) is 33.7 Å². The standard InChI is InChI=1S/C56H64FN9O9/c1-29(2)48(62-55(69)71-5)52(67)64-17-7-11-42(64)51-59-28-40(61-51)35-24-38(57)47-44-25-36-22-32(13-15-41(36)66(44)54(75-46(47)26-35)34-14-16-45-33(23-34)10-9-19-73-45)39-27-58-50(60-39)43-12-8-18-65(43)53(68)49(63-56(70)72-6)37-20-30(3)74-31(4)21-37/h13-16,22-31,37,42-43,48-49,54H,7-12,17-21H2,1-6H3,(H,58,60)(H,59,61)(H,62,69)(H,63,70)/t30-,31+,37?,42-,43-,48-,49?,54?/m0/s1. The summed E-state index contributed by atoms with van der Waals surface area (Å²) in [7, 11) is 2.57. The zero-order valence-electron chi connectivity index (χ0n) is 43.1. The highest BCUT2D eigenvalue weighted by Gasteiger charge is 2.43. The zero-order chi connectivity index (χ0) is 52.2. The van der Waals surface area contributed by atoms with Crippen molar-refractivity contribution in [3.8, 4) is 45.3 Å². The van der Waals surface area contributed by atoms with E-state index >= 15 is 4.39 Å². The van der Waals surface area contributed by atoms with Crippen LogP contribution in [-0.4, -0.2) is 117 Å². The SMILES string of the molecule is COC(=O)NC(C(=O)N1CCC[C@H]1c1ncc(-c2ccc3c(c2)cc2n3C(c3ccc4c(c3)CCCO4)Oc3cc(-c4cnc([C@@H]5CCCN5C(=O)[C@@H](NC(=O)OC)C(C)C)[nH]4)cc(F)c3-2)[nH]1)C1C[C@@H](C)O[C@@H](C)C1. The van der Waals surface area contributed by atoms with Gasteiger partial charge in [0.25, 0.3) is 0 Å². The molecule has 8 atom stereocenters. The van der Waals surface area contributed by atoms with E-state index in [1.165, 1.54) is 20.3 Å². The van der Waals surface area contributed by atoms with E-state index in [2.05, 4.69) is 32.7 Å². The Balaban J connectivity index is 0.908. The zero-order valence-corrected chi connectivity index (χ0v) is 43.1. The Morgan fingerprint density at radius 2 is 1.44 bits per heavy atom. The average Bonchev–Trinajstić information content (AvgIpc) is 4.31. The molecule has 394 valence electrons. The number of alkyl carbamates (subject to hydrolysis) is 2. The van der Waals surface area contributed by atoms with Gasteiger partial charge in [-0.05, 0) is 131 Å². The van der Waals surface area contributed by atoms with Crippen LogP contribution >= 0.6 is 0 Å². The summed E-state index contributed by atoms with van der Waals surface area (Å²) in [6, 6.07) is 15.3. The number of halogens is 1. The van der Waals surface area contributed by atoms with E-state index in [9.17, 15) is 19.2 Å². The topological polar surface area (TPSA) is 207 Å². The lowest BCUT2D eigenvalue weighted by Gasteiger charge is -2.38. The molecule has 18 nitrogen and oxygen atoms in total. The van der Waals surface area contributed by atoms with Gasteiger partial charge in [-0.2, -0.15) is 0 Å². The lowest BCUT2D eigenvalue weighted by Crippen LogP contribution is -2.54. The molecular formula is C56H64FN9O9. The van der Waals surface area contributed by atoms with Crippen LogP contribution in [0.3, 0.4) is 0 Å². The summed E-state index contributed by atoms with van der Waals surface area (Å²) in [6.45, 7) is 9.41. The van der Waals surface area contributed by atoms with Crippen LogP contribution in [0.2, 0.25) is 0 Å². The van der Waals surface area contributed by atoms with E-state index in [-0.39, 0.29) is 47.9 Å². The van der Waals surface area contributed by atoms with Crippen molar-refractivity contribution >= 4 is 34.9 Å². The maximum atomic E-state index is 17.1. The molecule has 3 unspecified atom stereocenters. The number of amides is 4. The quantitative estimate of drug-likeness (QED) is 0.0963. The van der Waals surface area contributed by atoms with Gasteiger partial charge in [0.2, 0.25) is 18.0 Å². The summed E-state index contributed by atoms with van der Waals surface area (Å²) in [5, 5.41) is 6.41. The van der Waals surface area contributed by atoms with Crippen molar-refractivity contribution in [2.75, 3.05) is 33.9 Å². The number of nitrogens with one attached hydrogen (secondary N) is 4. The predicted molar refractivity (Wildman–Crippen MR) is 275 cm³/mol. The predicted octanol–water partition coefficient (Wildman–Crippen LogP) is 9.13. The van der Waals surface area contributed by atoms with Gasteiger partial charge in [0.1, 0.15) is 41.0 Å². The van der Waals surface area contributed by atoms with Crippen LogP contribution in [0.15, 0.2) is 67.0 Å². The fourth-order valence-corrected chi connectivity index (χ4v) is 12.1. The molecule has 75 heavy (non-hydrogen) atoms. The van der Waals surface area contributed by atoms with Gasteiger partial charge >= 0.3 is 12.2 Å². The lowest BCUT2D eigenvalue weighted by molar-refractivity contribution is -0.138. The second-order valence-electron chi connectivity index (χ2n) is 21.0. The minimum Gasteiger partial charge on any atom is -0.493 e. The van der Waals surface area contributed by atoms with Crippen LogP contribution in [0, 0.1) is 17.7 Å². The maximum Gasteiger partial charge on any atom is 0.407 e. The lowest BCUT2D eigenvalue weighted by atomic mass is 9.85. The molecule has 5 aliphatic heterocycles. The number of aromatic nitrogens is 5. The van der Waals surface area contributed by atoms with Crippen molar-refractivity contribution in [3.05, 3.63) is 95.6 Å². The summed E-state index contributed by atoms with van der Waals surface area (Å²) in [5.74, 6) is 1.25. The van der Waals surface area contributed by atoms with Gasteiger partial charge in [0.15, 0.2) is 0 Å². The molecule has 11 rings (SSSR count). The Hall–Kier alpha value is -7.41. The highest BCUT2D eigenvalue weighted by atomic mass is 19.1. The molecule has 5 aliphatic rings. The number of fused-ring (bicyclic) bond motifs is 6. The molecular weight excluding hydrogens is 962 g/mol. The van der Waals surface area contributed by atoms with Gasteiger partial charge in [-0.3, -0.25) is 9.59 Å². The van der Waals surface area contributed by atoms with Crippen molar-refractivity contribution in [2.24, 2.45) is 11.8 Å². The van der Waals surface area contributed by atoms with E-state index in [0.29, 0.717) is 85.3 Å². The van der Waals surface area contributed by atoms with E-state index < -0.39 is 36.3 Å². The number of nitrogens with zero attached hydrogens (tertiary/aromatic N) is 5. The highest BCUT2D eigenvalue weighted by Crippen LogP contribution is 2.48. The molecule has 3 fully saturated rings. The molecule has 3 saturated heterocycles. The van der Waals surface area contributed by atoms with Crippen molar-refractivity contribution in [1.82, 2.24) is 44.9 Å². The van der Waals surface area contributed by atoms with Crippen molar-refractivity contribution in [1.29, 1.82) is 0 Å². The highest BCUT2D eigenvalue weighted by molar-refractivity contribution is 5.93. The fourth-order valence-electron chi connectivity index (χ4n) is 12.1. The number of imidazole rings is 2. The van der Waals surface area contributed by atoms with E-state index in [1.54, 1.807) is 17.3 Å². The van der Waals surface area contributed by atoms with Crippen molar-refractivity contribution in [3.63, 3.8) is 0 Å². The Morgan fingerprint density at radius 1 is 0.773 bits per heavy atom. The number of likely N-dealkylation sites (tertiary alicyclic amines) is 2. The molecule has 8 heterocycles. The first-order valence-corrected chi connectivity index (χ1v) is 26.2. The van der Waals surface area contributed by atoms with Crippen LogP contribution in [0.1, 0.15) is 114 Å². The third kappa shape index (κ3) is 9.44. The number of methoxy groups -OCH3 is 2. The van der Waals surface area contributed by atoms with Gasteiger partial charge in [-0.15, -0.1) is 0 Å². The second kappa shape index (κ2) is 20.4. The Bertz CT molecular complexity index is 3160. The van der Waals surface area contributed by atoms with Crippen molar-refractivity contribution in [2.45, 2.75) is 122 Å². The summed E-state index contributed by atoms with van der Waals surface area (Å²) in [5.41, 5.74) is 6.46. The molecule has 3 aromatic carbocycles.